The lowest BCUT2D eigenvalue weighted by Gasteiger charge is -2.21. The lowest BCUT2D eigenvalue weighted by atomic mass is 10.2. The van der Waals surface area contributed by atoms with Crippen LogP contribution >= 0.6 is 0 Å². The van der Waals surface area contributed by atoms with Gasteiger partial charge in [0.25, 0.3) is 0 Å². The van der Waals surface area contributed by atoms with Gasteiger partial charge in [0.2, 0.25) is 0 Å². The maximum Gasteiger partial charge on any atom is 0.128 e. The van der Waals surface area contributed by atoms with Gasteiger partial charge in [-0.2, -0.15) is 0 Å². The van der Waals surface area contributed by atoms with Gasteiger partial charge in [0.1, 0.15) is 5.82 Å². The van der Waals surface area contributed by atoms with Crippen molar-refractivity contribution in [1.82, 2.24) is 10.3 Å². The SMILES string of the molecule is C=CCN(CCOC)c1ccc(CNCCC)cn1. The zero-order chi connectivity index (χ0) is 13.9. The molecule has 0 aliphatic carbocycles. The van der Waals surface area contributed by atoms with Gasteiger partial charge in [0.15, 0.2) is 0 Å². The van der Waals surface area contributed by atoms with Gasteiger partial charge in [-0.3, -0.25) is 0 Å². The van der Waals surface area contributed by atoms with Crippen LogP contribution in [-0.4, -0.2) is 38.3 Å². The Kier molecular flexibility index (Phi) is 7.86. The van der Waals surface area contributed by atoms with Crippen LogP contribution in [0.25, 0.3) is 0 Å². The van der Waals surface area contributed by atoms with Crippen molar-refractivity contribution in [2.24, 2.45) is 0 Å². The van der Waals surface area contributed by atoms with Crippen molar-refractivity contribution in [3.63, 3.8) is 0 Å². The molecule has 0 fully saturated rings. The molecule has 0 atom stereocenters. The number of rotatable bonds is 10. The van der Waals surface area contributed by atoms with E-state index in [1.807, 2.05) is 12.3 Å². The highest BCUT2D eigenvalue weighted by atomic mass is 16.5. The molecule has 1 heterocycles. The molecule has 0 bridgehead atoms. The maximum absolute atomic E-state index is 5.12. The van der Waals surface area contributed by atoms with E-state index in [0.29, 0.717) is 6.61 Å². The van der Waals surface area contributed by atoms with E-state index in [9.17, 15) is 0 Å². The third-order valence-corrected chi connectivity index (χ3v) is 2.80. The van der Waals surface area contributed by atoms with Gasteiger partial charge >= 0.3 is 0 Å². The highest BCUT2D eigenvalue weighted by molar-refractivity contribution is 5.40. The predicted molar refractivity (Wildman–Crippen MR) is 80.5 cm³/mol. The van der Waals surface area contributed by atoms with Gasteiger partial charge in [0, 0.05) is 32.9 Å². The molecule has 0 saturated carbocycles. The highest BCUT2D eigenvalue weighted by Gasteiger charge is 2.05. The Morgan fingerprint density at radius 1 is 1.47 bits per heavy atom. The summed E-state index contributed by atoms with van der Waals surface area (Å²) < 4.78 is 5.12. The summed E-state index contributed by atoms with van der Waals surface area (Å²) >= 11 is 0. The highest BCUT2D eigenvalue weighted by Crippen LogP contribution is 2.11. The number of hydrogen-bond acceptors (Lipinski definition) is 4. The molecule has 4 heteroatoms. The van der Waals surface area contributed by atoms with Crippen molar-refractivity contribution in [2.75, 3.05) is 38.3 Å². The van der Waals surface area contributed by atoms with Crippen molar-refractivity contribution in [2.45, 2.75) is 19.9 Å². The lowest BCUT2D eigenvalue weighted by Crippen LogP contribution is -2.28. The van der Waals surface area contributed by atoms with Crippen molar-refractivity contribution >= 4 is 5.82 Å². The van der Waals surface area contributed by atoms with Crippen LogP contribution in [0, 0.1) is 0 Å². The van der Waals surface area contributed by atoms with E-state index in [-0.39, 0.29) is 0 Å². The lowest BCUT2D eigenvalue weighted by molar-refractivity contribution is 0.205. The summed E-state index contributed by atoms with van der Waals surface area (Å²) in [6, 6.07) is 4.18. The average molecular weight is 263 g/mol. The zero-order valence-corrected chi connectivity index (χ0v) is 12.1. The number of nitrogens with one attached hydrogen (secondary N) is 1. The molecular weight excluding hydrogens is 238 g/mol. The summed E-state index contributed by atoms with van der Waals surface area (Å²) in [6.07, 6.45) is 4.96. The van der Waals surface area contributed by atoms with Crippen LogP contribution in [0.1, 0.15) is 18.9 Å². The fraction of sp³-hybridized carbons (Fsp3) is 0.533. The second kappa shape index (κ2) is 9.53. The molecule has 0 amide bonds. The zero-order valence-electron chi connectivity index (χ0n) is 12.1. The summed E-state index contributed by atoms with van der Waals surface area (Å²) in [7, 11) is 1.71. The van der Waals surface area contributed by atoms with E-state index >= 15 is 0 Å². The van der Waals surface area contributed by atoms with Gasteiger partial charge in [0.05, 0.1) is 6.61 Å². The van der Waals surface area contributed by atoms with Crippen molar-refractivity contribution < 1.29 is 4.74 Å². The third kappa shape index (κ3) is 5.85. The summed E-state index contributed by atoms with van der Waals surface area (Å²) in [5.41, 5.74) is 1.21. The molecule has 19 heavy (non-hydrogen) atoms. The fourth-order valence-electron chi connectivity index (χ4n) is 1.77. The van der Waals surface area contributed by atoms with Crippen LogP contribution in [0.3, 0.4) is 0 Å². The monoisotopic (exact) mass is 263 g/mol. The predicted octanol–water partition coefficient (Wildman–Crippen LogP) is 2.22. The maximum atomic E-state index is 5.12. The number of nitrogens with zero attached hydrogens (tertiary/aromatic N) is 2. The Balaban J connectivity index is 2.57. The van der Waals surface area contributed by atoms with E-state index in [2.05, 4.69) is 40.8 Å². The summed E-state index contributed by atoms with van der Waals surface area (Å²) in [5, 5.41) is 3.37. The first-order valence-corrected chi connectivity index (χ1v) is 6.82. The van der Waals surface area contributed by atoms with Crippen LogP contribution in [0.2, 0.25) is 0 Å². The normalized spacial score (nSPS) is 10.4. The molecule has 1 aromatic heterocycles. The molecule has 0 radical (unpaired) electrons. The molecule has 106 valence electrons. The fourth-order valence-corrected chi connectivity index (χ4v) is 1.77. The average Bonchev–Trinajstić information content (AvgIpc) is 2.45. The standard InChI is InChI=1S/C15H25N3O/c1-4-8-16-12-14-6-7-15(17-13-14)18(9-5-2)10-11-19-3/h5-7,13,16H,2,4,8-12H2,1,3H3. The Labute approximate surface area is 116 Å². The minimum absolute atomic E-state index is 0.690. The minimum atomic E-state index is 0.690. The molecule has 0 aromatic carbocycles. The van der Waals surface area contributed by atoms with Crippen molar-refractivity contribution in [1.29, 1.82) is 0 Å². The van der Waals surface area contributed by atoms with Crippen LogP contribution < -0.4 is 10.2 Å². The molecule has 1 rings (SSSR count). The Hall–Kier alpha value is -1.39. The van der Waals surface area contributed by atoms with Crippen LogP contribution in [-0.2, 0) is 11.3 Å². The van der Waals surface area contributed by atoms with Crippen LogP contribution in [0.15, 0.2) is 31.0 Å². The van der Waals surface area contributed by atoms with E-state index < -0.39 is 0 Å². The van der Waals surface area contributed by atoms with Gasteiger partial charge in [-0.1, -0.05) is 19.1 Å². The molecule has 0 unspecified atom stereocenters. The number of hydrogen-bond donors (Lipinski definition) is 1. The first-order valence-electron chi connectivity index (χ1n) is 6.82. The summed E-state index contributed by atoms with van der Waals surface area (Å²) in [6.45, 7) is 10.2. The van der Waals surface area contributed by atoms with Gasteiger partial charge in [-0.05, 0) is 24.6 Å². The van der Waals surface area contributed by atoms with Gasteiger partial charge in [-0.25, -0.2) is 4.98 Å². The summed E-state index contributed by atoms with van der Waals surface area (Å²) in [4.78, 5) is 6.66. The van der Waals surface area contributed by atoms with Crippen LogP contribution in [0.5, 0.6) is 0 Å². The van der Waals surface area contributed by atoms with Crippen molar-refractivity contribution in [3.05, 3.63) is 36.5 Å². The van der Waals surface area contributed by atoms with Gasteiger partial charge in [-0.15, -0.1) is 6.58 Å². The van der Waals surface area contributed by atoms with E-state index in [1.165, 1.54) is 5.56 Å². The molecule has 4 nitrogen and oxygen atoms in total. The smallest absolute Gasteiger partial charge is 0.128 e. The molecular formula is C15H25N3O. The third-order valence-electron chi connectivity index (χ3n) is 2.80. The summed E-state index contributed by atoms with van der Waals surface area (Å²) in [5.74, 6) is 0.969. The first-order chi connectivity index (χ1) is 9.31. The molecule has 1 aromatic rings. The first kappa shape index (κ1) is 15.7. The second-order valence-corrected chi connectivity index (χ2v) is 4.43. The number of anilines is 1. The molecule has 0 aliphatic rings. The number of pyridine rings is 1. The largest absolute Gasteiger partial charge is 0.383 e. The van der Waals surface area contributed by atoms with E-state index in [4.69, 9.17) is 4.74 Å². The van der Waals surface area contributed by atoms with E-state index in [0.717, 1.165) is 38.4 Å². The number of ether oxygens (including phenoxy) is 1. The number of aromatic nitrogens is 1. The molecule has 0 spiro atoms. The Bertz CT molecular complexity index is 351. The Morgan fingerprint density at radius 3 is 2.89 bits per heavy atom. The quantitative estimate of drug-likeness (QED) is 0.519. The minimum Gasteiger partial charge on any atom is -0.383 e. The van der Waals surface area contributed by atoms with Crippen LogP contribution in [0.4, 0.5) is 5.82 Å². The van der Waals surface area contributed by atoms with E-state index in [1.54, 1.807) is 7.11 Å². The van der Waals surface area contributed by atoms with Crippen molar-refractivity contribution in [3.8, 4) is 0 Å². The molecule has 0 aliphatic heterocycles. The van der Waals surface area contributed by atoms with Gasteiger partial charge < -0.3 is 15.0 Å². The second-order valence-electron chi connectivity index (χ2n) is 4.43. The number of methoxy groups -OCH3 is 1. The molecule has 1 N–H and O–H groups in total. The molecule has 0 saturated heterocycles. The topological polar surface area (TPSA) is 37.4 Å². The Morgan fingerprint density at radius 2 is 2.32 bits per heavy atom.